The number of ether oxygens (including phenoxy) is 1. The largest absolute Gasteiger partial charge is 0.479 e. The Labute approximate surface area is 127 Å². The van der Waals surface area contributed by atoms with Gasteiger partial charge < -0.3 is 9.84 Å². The van der Waals surface area contributed by atoms with Gasteiger partial charge in [0.05, 0.1) is 12.3 Å². The molecule has 7 heteroatoms. The number of nitrogens with zero attached hydrogens (tertiary/aromatic N) is 2. The quantitative estimate of drug-likeness (QED) is 0.863. The van der Waals surface area contributed by atoms with E-state index in [0.29, 0.717) is 10.7 Å². The minimum Gasteiger partial charge on any atom is -0.479 e. The molecule has 0 radical (unpaired) electrons. The topological polar surface area (TPSA) is 79.2 Å². The van der Waals surface area contributed by atoms with Crippen LogP contribution >= 0.6 is 11.6 Å². The van der Waals surface area contributed by atoms with Crippen molar-refractivity contribution >= 4 is 34.9 Å². The van der Waals surface area contributed by atoms with Gasteiger partial charge in [-0.15, -0.1) is 0 Å². The summed E-state index contributed by atoms with van der Waals surface area (Å²) in [4.78, 5) is 23.4. The normalized spacial score (nSPS) is 21.1. The molecule has 0 spiro atoms. The number of carbonyl (C=O) groups excluding carboxylic acids is 1. The van der Waals surface area contributed by atoms with Crippen LogP contribution in [0.2, 0.25) is 5.02 Å². The van der Waals surface area contributed by atoms with Crippen molar-refractivity contribution in [2.24, 2.45) is 5.10 Å². The van der Waals surface area contributed by atoms with Crippen molar-refractivity contribution in [3.63, 3.8) is 0 Å². The SMILES string of the molecule is CCOC(=O)C1=NN(c2ccc(Cl)cc2)C(C)(C(=O)O)C1. The number of aliphatic carboxylic acids is 1. The van der Waals surface area contributed by atoms with Crippen LogP contribution < -0.4 is 5.01 Å². The predicted molar refractivity (Wildman–Crippen MR) is 78.7 cm³/mol. The third-order valence-electron chi connectivity index (χ3n) is 3.24. The Morgan fingerprint density at radius 1 is 1.43 bits per heavy atom. The maximum Gasteiger partial charge on any atom is 0.354 e. The fourth-order valence-electron chi connectivity index (χ4n) is 2.09. The summed E-state index contributed by atoms with van der Waals surface area (Å²) in [6, 6.07) is 6.58. The van der Waals surface area contributed by atoms with Gasteiger partial charge in [-0.05, 0) is 38.1 Å². The van der Waals surface area contributed by atoms with Crippen LogP contribution in [0.3, 0.4) is 0 Å². The van der Waals surface area contributed by atoms with Crippen molar-refractivity contribution in [3.8, 4) is 0 Å². The molecule has 1 aliphatic rings. The van der Waals surface area contributed by atoms with E-state index in [1.807, 2.05) is 0 Å². The number of carbonyl (C=O) groups is 2. The first-order valence-electron chi connectivity index (χ1n) is 6.42. The molecule has 112 valence electrons. The molecule has 1 heterocycles. The van der Waals surface area contributed by atoms with E-state index in [4.69, 9.17) is 16.3 Å². The Balaban J connectivity index is 2.40. The van der Waals surface area contributed by atoms with Crippen LogP contribution in [-0.4, -0.2) is 34.9 Å². The van der Waals surface area contributed by atoms with E-state index in [0.717, 1.165) is 0 Å². The first kappa shape index (κ1) is 15.3. The van der Waals surface area contributed by atoms with E-state index in [9.17, 15) is 14.7 Å². The zero-order valence-electron chi connectivity index (χ0n) is 11.7. The van der Waals surface area contributed by atoms with Gasteiger partial charge in [0.2, 0.25) is 0 Å². The molecule has 1 unspecified atom stereocenters. The highest BCUT2D eigenvalue weighted by molar-refractivity contribution is 6.38. The third kappa shape index (κ3) is 2.85. The number of esters is 1. The van der Waals surface area contributed by atoms with Gasteiger partial charge in [0.25, 0.3) is 0 Å². The average Bonchev–Trinajstić information content (AvgIpc) is 2.80. The lowest BCUT2D eigenvalue weighted by atomic mass is 9.95. The molecule has 1 N–H and O–H groups in total. The van der Waals surface area contributed by atoms with Gasteiger partial charge in [0, 0.05) is 11.4 Å². The molecule has 0 saturated heterocycles. The molecule has 0 aliphatic carbocycles. The number of rotatable bonds is 4. The summed E-state index contributed by atoms with van der Waals surface area (Å²) < 4.78 is 4.89. The van der Waals surface area contributed by atoms with Crippen molar-refractivity contribution in [2.75, 3.05) is 11.6 Å². The summed E-state index contributed by atoms with van der Waals surface area (Å²) in [5.74, 6) is -1.66. The van der Waals surface area contributed by atoms with Crippen LogP contribution in [0, 0.1) is 0 Å². The third-order valence-corrected chi connectivity index (χ3v) is 3.49. The van der Waals surface area contributed by atoms with E-state index < -0.39 is 17.5 Å². The van der Waals surface area contributed by atoms with Gasteiger partial charge in [-0.25, -0.2) is 14.6 Å². The highest BCUT2D eigenvalue weighted by Crippen LogP contribution is 2.34. The summed E-state index contributed by atoms with van der Waals surface area (Å²) in [6.07, 6.45) is -0.0240. The molecule has 1 aromatic rings. The lowest BCUT2D eigenvalue weighted by molar-refractivity contribution is -0.142. The summed E-state index contributed by atoms with van der Waals surface area (Å²) in [5, 5.41) is 15.5. The number of hydrazone groups is 1. The average molecular weight is 311 g/mol. The Morgan fingerprint density at radius 3 is 2.57 bits per heavy atom. The zero-order chi connectivity index (χ0) is 15.6. The van der Waals surface area contributed by atoms with Crippen LogP contribution in [0.1, 0.15) is 20.3 Å². The second-order valence-electron chi connectivity index (χ2n) is 4.81. The molecule has 0 saturated carbocycles. The van der Waals surface area contributed by atoms with Gasteiger partial charge in [0.1, 0.15) is 5.71 Å². The van der Waals surface area contributed by atoms with Gasteiger partial charge in [-0.2, -0.15) is 5.10 Å². The van der Waals surface area contributed by atoms with E-state index in [1.54, 1.807) is 31.2 Å². The lowest BCUT2D eigenvalue weighted by Gasteiger charge is -2.29. The van der Waals surface area contributed by atoms with Gasteiger partial charge in [-0.3, -0.25) is 0 Å². The van der Waals surface area contributed by atoms with Gasteiger partial charge in [0.15, 0.2) is 5.54 Å². The molecule has 6 nitrogen and oxygen atoms in total. The number of benzene rings is 1. The van der Waals surface area contributed by atoms with E-state index >= 15 is 0 Å². The smallest absolute Gasteiger partial charge is 0.354 e. The molecule has 0 aromatic heterocycles. The maximum absolute atomic E-state index is 11.8. The second kappa shape index (κ2) is 5.73. The summed E-state index contributed by atoms with van der Waals surface area (Å²) in [7, 11) is 0. The van der Waals surface area contributed by atoms with Crippen LogP contribution in [0.15, 0.2) is 29.4 Å². The molecule has 1 atom stereocenters. The van der Waals surface area contributed by atoms with Crippen LogP contribution in [0.25, 0.3) is 0 Å². The summed E-state index contributed by atoms with van der Waals surface area (Å²) >= 11 is 5.83. The Hall–Kier alpha value is -2.08. The molecule has 0 bridgehead atoms. The van der Waals surface area contributed by atoms with E-state index in [2.05, 4.69) is 5.10 Å². The number of carboxylic acid groups (broad SMARTS) is 1. The summed E-state index contributed by atoms with van der Waals surface area (Å²) in [6.45, 7) is 3.41. The second-order valence-corrected chi connectivity index (χ2v) is 5.25. The minimum absolute atomic E-state index is 0.0240. The first-order valence-corrected chi connectivity index (χ1v) is 6.80. The van der Waals surface area contributed by atoms with Gasteiger partial charge in [-0.1, -0.05) is 11.6 Å². The van der Waals surface area contributed by atoms with Crippen LogP contribution in [-0.2, 0) is 14.3 Å². The number of hydrogen-bond acceptors (Lipinski definition) is 5. The lowest BCUT2D eigenvalue weighted by Crippen LogP contribution is -2.47. The van der Waals surface area contributed by atoms with Crippen molar-refractivity contribution in [1.82, 2.24) is 0 Å². The van der Waals surface area contributed by atoms with Gasteiger partial charge >= 0.3 is 11.9 Å². The van der Waals surface area contributed by atoms with E-state index in [1.165, 1.54) is 11.9 Å². The van der Waals surface area contributed by atoms with Crippen LogP contribution in [0.4, 0.5) is 5.69 Å². The molecule has 2 rings (SSSR count). The Bertz CT molecular complexity index is 599. The predicted octanol–water partition coefficient (Wildman–Crippen LogP) is 2.31. The fraction of sp³-hybridized carbons (Fsp3) is 0.357. The van der Waals surface area contributed by atoms with Crippen molar-refractivity contribution in [2.45, 2.75) is 25.8 Å². The standard InChI is InChI=1S/C14H15ClN2O4/c1-3-21-12(18)11-8-14(2,13(19)20)17(16-11)10-6-4-9(15)5-7-10/h4-7H,3,8H2,1-2H3,(H,19,20). The molecule has 1 aliphatic heterocycles. The molecular weight excluding hydrogens is 296 g/mol. The highest BCUT2D eigenvalue weighted by Gasteiger charge is 2.48. The van der Waals surface area contributed by atoms with Crippen molar-refractivity contribution in [3.05, 3.63) is 29.3 Å². The maximum atomic E-state index is 11.8. The molecule has 21 heavy (non-hydrogen) atoms. The number of anilines is 1. The molecule has 1 aromatic carbocycles. The number of carboxylic acids is 1. The zero-order valence-corrected chi connectivity index (χ0v) is 12.4. The van der Waals surface area contributed by atoms with E-state index in [-0.39, 0.29) is 18.7 Å². The van der Waals surface area contributed by atoms with Crippen molar-refractivity contribution < 1.29 is 19.4 Å². The highest BCUT2D eigenvalue weighted by atomic mass is 35.5. The molecule has 0 fully saturated rings. The Morgan fingerprint density at radius 2 is 2.05 bits per heavy atom. The first-order chi connectivity index (χ1) is 9.88. The molecule has 0 amide bonds. The monoisotopic (exact) mass is 310 g/mol. The summed E-state index contributed by atoms with van der Waals surface area (Å²) in [5.41, 5.74) is -0.698. The minimum atomic E-state index is -1.34. The fourth-order valence-corrected chi connectivity index (χ4v) is 2.21. The van der Waals surface area contributed by atoms with Crippen molar-refractivity contribution in [1.29, 1.82) is 0 Å². The number of hydrogen-bond donors (Lipinski definition) is 1. The Kier molecular flexibility index (Phi) is 4.18. The van der Waals surface area contributed by atoms with Crippen LogP contribution in [0.5, 0.6) is 0 Å². The molecular formula is C14H15ClN2O4. The number of halogens is 1.